The average Bonchev–Trinajstić information content (AvgIpc) is 2.86. The van der Waals surface area contributed by atoms with Crippen LogP contribution in [-0.4, -0.2) is 15.5 Å². The first-order valence-electron chi connectivity index (χ1n) is 6.72. The summed E-state index contributed by atoms with van der Waals surface area (Å²) in [4.78, 5) is 15.4. The van der Waals surface area contributed by atoms with Gasteiger partial charge in [0.25, 0.3) is 0 Å². The highest BCUT2D eigenvalue weighted by Gasteiger charge is 2.04. The van der Waals surface area contributed by atoms with Crippen molar-refractivity contribution in [3.63, 3.8) is 0 Å². The van der Waals surface area contributed by atoms with Crippen LogP contribution >= 0.6 is 0 Å². The minimum atomic E-state index is -0.0567. The van der Waals surface area contributed by atoms with Crippen molar-refractivity contribution in [1.29, 1.82) is 0 Å². The molecule has 1 aromatic carbocycles. The molecule has 1 heterocycles. The number of nitrogens with zero attached hydrogens (tertiary/aromatic N) is 2. The minimum absolute atomic E-state index is 0.0567. The molecular formula is C15H20N4O. The number of carbonyl (C=O) groups excluding carboxylic acids is 1. The van der Waals surface area contributed by atoms with Crippen LogP contribution in [0.25, 0.3) is 0 Å². The number of hydrogen-bond acceptors (Lipinski definition) is 3. The molecule has 1 aromatic heterocycles. The van der Waals surface area contributed by atoms with E-state index >= 15 is 0 Å². The first-order valence-corrected chi connectivity index (χ1v) is 6.72. The van der Waals surface area contributed by atoms with Crippen molar-refractivity contribution >= 4 is 17.3 Å². The Morgan fingerprint density at radius 2 is 2.20 bits per heavy atom. The Hall–Kier alpha value is -2.30. The first kappa shape index (κ1) is 14.1. The Bertz CT molecular complexity index is 604. The average molecular weight is 272 g/mol. The van der Waals surface area contributed by atoms with Crippen LogP contribution in [0, 0.1) is 6.92 Å². The molecule has 0 saturated carbocycles. The van der Waals surface area contributed by atoms with E-state index in [9.17, 15) is 4.79 Å². The van der Waals surface area contributed by atoms with Gasteiger partial charge in [-0.3, -0.25) is 4.79 Å². The summed E-state index contributed by atoms with van der Waals surface area (Å²) in [5.74, 6) is 0.954. The fourth-order valence-corrected chi connectivity index (χ4v) is 2.08. The van der Waals surface area contributed by atoms with Crippen LogP contribution < -0.4 is 10.6 Å². The molecule has 0 fully saturated rings. The van der Waals surface area contributed by atoms with E-state index in [1.54, 1.807) is 0 Å². The quantitative estimate of drug-likeness (QED) is 0.880. The number of rotatable bonds is 5. The number of amides is 1. The van der Waals surface area contributed by atoms with Crippen molar-refractivity contribution in [1.82, 2.24) is 9.55 Å². The summed E-state index contributed by atoms with van der Waals surface area (Å²) in [6.07, 6.45) is 3.79. The van der Waals surface area contributed by atoms with Gasteiger partial charge >= 0.3 is 0 Å². The minimum Gasteiger partial charge on any atom is -0.378 e. The number of anilines is 2. The third-order valence-electron chi connectivity index (χ3n) is 3.13. The highest BCUT2D eigenvalue weighted by Crippen LogP contribution is 2.20. The van der Waals surface area contributed by atoms with Crippen LogP contribution in [0.15, 0.2) is 30.6 Å². The van der Waals surface area contributed by atoms with Crippen molar-refractivity contribution in [2.24, 2.45) is 0 Å². The van der Waals surface area contributed by atoms with Crippen molar-refractivity contribution in [3.05, 3.63) is 42.0 Å². The zero-order valence-corrected chi connectivity index (χ0v) is 12.1. The highest BCUT2D eigenvalue weighted by atomic mass is 16.1. The summed E-state index contributed by atoms with van der Waals surface area (Å²) in [5.41, 5.74) is 2.89. The van der Waals surface area contributed by atoms with E-state index in [0.717, 1.165) is 29.3 Å². The molecule has 5 heteroatoms. The lowest BCUT2D eigenvalue weighted by Crippen LogP contribution is -2.09. The molecule has 0 unspecified atom stereocenters. The molecule has 0 bridgehead atoms. The summed E-state index contributed by atoms with van der Waals surface area (Å²) < 4.78 is 2.10. The van der Waals surface area contributed by atoms with Gasteiger partial charge in [0.05, 0.1) is 6.54 Å². The zero-order valence-electron chi connectivity index (χ0n) is 12.1. The molecule has 20 heavy (non-hydrogen) atoms. The normalized spacial score (nSPS) is 10.3. The number of imidazole rings is 1. The number of aromatic nitrogens is 2. The molecule has 0 spiro atoms. The third kappa shape index (κ3) is 3.38. The molecule has 2 N–H and O–H groups in total. The standard InChI is InChI=1S/C15H20N4O/c1-4-19-8-7-16-15(19)10-17-13-5-6-14(11(2)9-13)18-12(3)20/h5-9,17H,4,10H2,1-3H3,(H,18,20). The predicted molar refractivity (Wildman–Crippen MR) is 80.7 cm³/mol. The fraction of sp³-hybridized carbons (Fsp3) is 0.333. The van der Waals surface area contributed by atoms with Crippen LogP contribution in [0.5, 0.6) is 0 Å². The molecule has 2 aromatic rings. The molecule has 0 aliphatic heterocycles. The third-order valence-corrected chi connectivity index (χ3v) is 3.13. The molecule has 1 amide bonds. The van der Waals surface area contributed by atoms with Crippen molar-refractivity contribution in [3.8, 4) is 0 Å². The van der Waals surface area contributed by atoms with Gasteiger partial charge in [0.2, 0.25) is 5.91 Å². The van der Waals surface area contributed by atoms with Crippen molar-refractivity contribution in [2.75, 3.05) is 10.6 Å². The number of hydrogen-bond donors (Lipinski definition) is 2. The molecular weight excluding hydrogens is 252 g/mol. The molecule has 0 atom stereocenters. The number of nitrogens with one attached hydrogen (secondary N) is 2. The van der Waals surface area contributed by atoms with Crippen LogP contribution in [0.3, 0.4) is 0 Å². The lowest BCUT2D eigenvalue weighted by Gasteiger charge is -2.11. The Balaban J connectivity index is 2.03. The van der Waals surface area contributed by atoms with Gasteiger partial charge in [0, 0.05) is 37.2 Å². The Kier molecular flexibility index (Phi) is 4.40. The van der Waals surface area contributed by atoms with Crippen LogP contribution in [0.2, 0.25) is 0 Å². The predicted octanol–water partition coefficient (Wildman–Crippen LogP) is 2.78. The second kappa shape index (κ2) is 6.23. The Morgan fingerprint density at radius 1 is 1.40 bits per heavy atom. The fourth-order valence-electron chi connectivity index (χ4n) is 2.08. The zero-order chi connectivity index (χ0) is 14.5. The summed E-state index contributed by atoms with van der Waals surface area (Å²) in [5, 5.41) is 6.15. The maximum absolute atomic E-state index is 11.1. The molecule has 0 saturated heterocycles. The highest BCUT2D eigenvalue weighted by molar-refractivity contribution is 5.89. The van der Waals surface area contributed by atoms with Crippen LogP contribution in [-0.2, 0) is 17.9 Å². The summed E-state index contributed by atoms with van der Waals surface area (Å²) in [7, 11) is 0. The van der Waals surface area contributed by atoms with Crippen molar-refractivity contribution in [2.45, 2.75) is 33.9 Å². The molecule has 0 radical (unpaired) electrons. The molecule has 2 rings (SSSR count). The smallest absolute Gasteiger partial charge is 0.221 e. The van der Waals surface area contributed by atoms with E-state index in [4.69, 9.17) is 0 Å². The SMILES string of the molecule is CCn1ccnc1CNc1ccc(NC(C)=O)c(C)c1. The topological polar surface area (TPSA) is 59.0 Å². The van der Waals surface area contributed by atoms with Gasteiger partial charge in [-0.15, -0.1) is 0 Å². The Labute approximate surface area is 119 Å². The Morgan fingerprint density at radius 3 is 2.85 bits per heavy atom. The summed E-state index contributed by atoms with van der Waals surface area (Å²) in [6.45, 7) is 7.18. The van der Waals surface area contributed by atoms with Gasteiger partial charge < -0.3 is 15.2 Å². The van der Waals surface area contributed by atoms with E-state index < -0.39 is 0 Å². The lowest BCUT2D eigenvalue weighted by molar-refractivity contribution is -0.114. The van der Waals surface area contributed by atoms with E-state index in [0.29, 0.717) is 6.54 Å². The monoisotopic (exact) mass is 272 g/mol. The van der Waals surface area contributed by atoms with Crippen LogP contribution in [0.1, 0.15) is 25.2 Å². The van der Waals surface area contributed by atoms with Gasteiger partial charge in [-0.25, -0.2) is 4.98 Å². The molecule has 0 aliphatic rings. The summed E-state index contributed by atoms with van der Waals surface area (Å²) in [6, 6.07) is 5.88. The van der Waals surface area contributed by atoms with E-state index in [1.807, 2.05) is 37.5 Å². The lowest BCUT2D eigenvalue weighted by atomic mass is 10.1. The molecule has 106 valence electrons. The van der Waals surface area contributed by atoms with Gasteiger partial charge in [-0.2, -0.15) is 0 Å². The number of benzene rings is 1. The van der Waals surface area contributed by atoms with Gasteiger partial charge in [-0.05, 0) is 37.6 Å². The maximum Gasteiger partial charge on any atom is 0.221 e. The van der Waals surface area contributed by atoms with Gasteiger partial charge in [-0.1, -0.05) is 0 Å². The second-order valence-corrected chi connectivity index (χ2v) is 4.69. The van der Waals surface area contributed by atoms with Crippen LogP contribution in [0.4, 0.5) is 11.4 Å². The number of aryl methyl sites for hydroxylation is 2. The largest absolute Gasteiger partial charge is 0.378 e. The molecule has 5 nitrogen and oxygen atoms in total. The molecule has 0 aliphatic carbocycles. The van der Waals surface area contributed by atoms with Gasteiger partial charge in [0.1, 0.15) is 5.82 Å². The van der Waals surface area contributed by atoms with E-state index in [2.05, 4.69) is 27.1 Å². The number of carbonyl (C=O) groups is 1. The first-order chi connectivity index (χ1) is 9.60. The van der Waals surface area contributed by atoms with Gasteiger partial charge in [0.15, 0.2) is 0 Å². The maximum atomic E-state index is 11.1. The van der Waals surface area contributed by atoms with E-state index in [1.165, 1.54) is 6.92 Å². The van der Waals surface area contributed by atoms with E-state index in [-0.39, 0.29) is 5.91 Å². The summed E-state index contributed by atoms with van der Waals surface area (Å²) >= 11 is 0. The van der Waals surface area contributed by atoms with Crippen molar-refractivity contribution < 1.29 is 4.79 Å². The second-order valence-electron chi connectivity index (χ2n) is 4.69.